The predicted molar refractivity (Wildman–Crippen MR) is 77.2 cm³/mol. The van der Waals surface area contributed by atoms with Crippen LogP contribution in [0.3, 0.4) is 0 Å². The van der Waals surface area contributed by atoms with Gasteiger partial charge in [-0.25, -0.2) is 4.79 Å². The quantitative estimate of drug-likeness (QED) is 0.802. The van der Waals surface area contributed by atoms with Crippen LogP contribution in [0, 0.1) is 28.1 Å². The highest BCUT2D eigenvalue weighted by atomic mass is 35.5. The van der Waals surface area contributed by atoms with Crippen molar-refractivity contribution >= 4 is 17.6 Å². The van der Waals surface area contributed by atoms with E-state index in [4.69, 9.17) is 16.3 Å². The molecule has 0 fully saturated rings. The molecule has 2 rings (SSSR count). The van der Waals surface area contributed by atoms with Crippen LogP contribution in [0.2, 0.25) is 5.02 Å². The smallest absolute Gasteiger partial charge is 0.334 e. The molecule has 0 saturated heterocycles. The van der Waals surface area contributed by atoms with Crippen molar-refractivity contribution in [1.82, 2.24) is 0 Å². The van der Waals surface area contributed by atoms with Gasteiger partial charge in [0.15, 0.2) is 5.41 Å². The van der Waals surface area contributed by atoms with E-state index in [0.717, 1.165) is 0 Å². The van der Waals surface area contributed by atoms with E-state index < -0.39 is 17.3 Å². The molecule has 5 heteroatoms. The van der Waals surface area contributed by atoms with Crippen molar-refractivity contribution in [3.05, 3.63) is 46.5 Å². The van der Waals surface area contributed by atoms with Crippen LogP contribution in [0.1, 0.15) is 24.8 Å². The summed E-state index contributed by atoms with van der Waals surface area (Å²) in [4.78, 5) is 12.1. The number of benzene rings is 1. The van der Waals surface area contributed by atoms with E-state index >= 15 is 0 Å². The van der Waals surface area contributed by atoms with Gasteiger partial charge in [0.25, 0.3) is 0 Å². The molecule has 1 unspecified atom stereocenters. The lowest BCUT2D eigenvalue weighted by Gasteiger charge is -2.24. The van der Waals surface area contributed by atoms with E-state index in [1.807, 2.05) is 0 Å². The lowest BCUT2D eigenvalue weighted by molar-refractivity contribution is -0.138. The van der Waals surface area contributed by atoms with Crippen LogP contribution in [0.5, 0.6) is 0 Å². The summed E-state index contributed by atoms with van der Waals surface area (Å²) >= 11 is 5.87. The molecule has 0 heterocycles. The van der Waals surface area contributed by atoms with Crippen molar-refractivity contribution in [2.45, 2.75) is 19.3 Å². The van der Waals surface area contributed by atoms with E-state index in [1.54, 1.807) is 37.3 Å². The average molecular weight is 301 g/mol. The summed E-state index contributed by atoms with van der Waals surface area (Å²) in [5.41, 5.74) is -0.211. The van der Waals surface area contributed by atoms with Gasteiger partial charge >= 0.3 is 5.97 Å². The third kappa shape index (κ3) is 2.63. The highest BCUT2D eigenvalue weighted by Crippen LogP contribution is 2.49. The Kier molecular flexibility index (Phi) is 4.31. The van der Waals surface area contributed by atoms with Gasteiger partial charge in [-0.3, -0.25) is 0 Å². The Balaban J connectivity index is 2.49. The van der Waals surface area contributed by atoms with Gasteiger partial charge in [0.2, 0.25) is 0 Å². The second-order valence-corrected chi connectivity index (χ2v) is 5.20. The number of esters is 1. The van der Waals surface area contributed by atoms with Crippen LogP contribution in [-0.2, 0) is 9.53 Å². The molecule has 1 aromatic rings. The van der Waals surface area contributed by atoms with E-state index in [-0.39, 0.29) is 13.0 Å². The molecule has 0 N–H and O–H groups in total. The van der Waals surface area contributed by atoms with Crippen molar-refractivity contribution in [1.29, 1.82) is 10.5 Å². The number of nitriles is 2. The number of allylic oxidation sites excluding steroid dienone is 1. The molecule has 21 heavy (non-hydrogen) atoms. The maximum absolute atomic E-state index is 12.1. The van der Waals surface area contributed by atoms with Gasteiger partial charge in [0, 0.05) is 16.5 Å². The van der Waals surface area contributed by atoms with E-state index in [2.05, 4.69) is 12.1 Å². The third-order valence-electron chi connectivity index (χ3n) is 3.56. The number of hydrogen-bond acceptors (Lipinski definition) is 4. The standard InChI is InChI=1S/C16H13ClN2O2/c1-2-21-15(20)13-7-8-16(9-18,10-19)14(13)11-3-5-12(17)6-4-11/h3-7,14H,2,8H2,1H3. The van der Waals surface area contributed by atoms with E-state index in [0.29, 0.717) is 16.2 Å². The van der Waals surface area contributed by atoms with Crippen LogP contribution >= 0.6 is 11.6 Å². The first-order valence-electron chi connectivity index (χ1n) is 6.53. The fourth-order valence-electron chi connectivity index (χ4n) is 2.55. The largest absolute Gasteiger partial charge is 0.463 e. The number of rotatable bonds is 3. The molecular formula is C16H13ClN2O2. The molecule has 0 amide bonds. The summed E-state index contributed by atoms with van der Waals surface area (Å²) < 4.78 is 5.03. The van der Waals surface area contributed by atoms with Gasteiger partial charge < -0.3 is 4.74 Å². The summed E-state index contributed by atoms with van der Waals surface area (Å²) in [5, 5.41) is 19.5. The maximum Gasteiger partial charge on any atom is 0.334 e. The number of ether oxygens (including phenoxy) is 1. The molecule has 0 bridgehead atoms. The van der Waals surface area contributed by atoms with Crippen molar-refractivity contribution in [2.24, 2.45) is 5.41 Å². The zero-order valence-corrected chi connectivity index (χ0v) is 12.2. The van der Waals surface area contributed by atoms with Gasteiger partial charge in [-0.2, -0.15) is 10.5 Å². The predicted octanol–water partition coefficient (Wildman–Crippen LogP) is 3.35. The number of nitrogens with zero attached hydrogens (tertiary/aromatic N) is 2. The highest BCUT2D eigenvalue weighted by Gasteiger charge is 2.48. The number of carbonyl (C=O) groups is 1. The molecule has 0 saturated carbocycles. The van der Waals surface area contributed by atoms with Crippen LogP contribution < -0.4 is 0 Å². The molecule has 0 aliphatic heterocycles. The normalized spacial score (nSPS) is 19.2. The minimum absolute atomic E-state index is 0.210. The first-order valence-corrected chi connectivity index (χ1v) is 6.91. The molecule has 0 aromatic heterocycles. The van der Waals surface area contributed by atoms with Gasteiger partial charge in [-0.15, -0.1) is 0 Å². The Labute approximate surface area is 128 Å². The fourth-order valence-corrected chi connectivity index (χ4v) is 2.68. The average Bonchev–Trinajstić information content (AvgIpc) is 2.88. The Morgan fingerprint density at radius 3 is 2.52 bits per heavy atom. The van der Waals surface area contributed by atoms with Crippen molar-refractivity contribution in [3.8, 4) is 12.1 Å². The Bertz CT molecular complexity index is 651. The van der Waals surface area contributed by atoms with Gasteiger partial charge in [0.1, 0.15) is 0 Å². The summed E-state index contributed by atoms with van der Waals surface area (Å²) in [6, 6.07) is 10.9. The molecule has 4 nitrogen and oxygen atoms in total. The second-order valence-electron chi connectivity index (χ2n) is 4.76. The van der Waals surface area contributed by atoms with Crippen LogP contribution in [0.25, 0.3) is 0 Å². The van der Waals surface area contributed by atoms with Gasteiger partial charge in [0.05, 0.1) is 18.7 Å². The van der Waals surface area contributed by atoms with Crippen molar-refractivity contribution in [3.63, 3.8) is 0 Å². The Morgan fingerprint density at radius 1 is 1.38 bits per heavy atom. The lowest BCUT2D eigenvalue weighted by Crippen LogP contribution is -2.25. The number of hydrogen-bond donors (Lipinski definition) is 0. The first kappa shape index (κ1) is 15.1. The summed E-state index contributed by atoms with van der Waals surface area (Å²) in [5.74, 6) is -1.10. The highest BCUT2D eigenvalue weighted by molar-refractivity contribution is 6.30. The van der Waals surface area contributed by atoms with Gasteiger partial charge in [-0.05, 0) is 31.0 Å². The minimum Gasteiger partial charge on any atom is -0.463 e. The van der Waals surface area contributed by atoms with Gasteiger partial charge in [-0.1, -0.05) is 29.8 Å². The maximum atomic E-state index is 12.1. The molecule has 1 atom stereocenters. The molecular weight excluding hydrogens is 288 g/mol. The van der Waals surface area contributed by atoms with E-state index in [9.17, 15) is 15.3 Å². The summed E-state index contributed by atoms with van der Waals surface area (Å²) in [6.45, 7) is 1.96. The first-order chi connectivity index (χ1) is 10.1. The third-order valence-corrected chi connectivity index (χ3v) is 3.81. The summed E-state index contributed by atoms with van der Waals surface area (Å²) in [7, 11) is 0. The van der Waals surface area contributed by atoms with Crippen LogP contribution in [0.15, 0.2) is 35.9 Å². The molecule has 106 valence electrons. The van der Waals surface area contributed by atoms with Crippen molar-refractivity contribution in [2.75, 3.05) is 6.61 Å². The van der Waals surface area contributed by atoms with E-state index in [1.165, 1.54) is 0 Å². The van der Waals surface area contributed by atoms with Crippen LogP contribution in [0.4, 0.5) is 0 Å². The molecule has 1 aliphatic carbocycles. The zero-order valence-electron chi connectivity index (χ0n) is 11.5. The molecule has 1 aromatic carbocycles. The molecule has 0 spiro atoms. The van der Waals surface area contributed by atoms with Crippen molar-refractivity contribution < 1.29 is 9.53 Å². The molecule has 0 radical (unpaired) electrons. The number of halogens is 1. The SMILES string of the molecule is CCOC(=O)C1=CCC(C#N)(C#N)C1c1ccc(Cl)cc1. The Morgan fingerprint density at radius 2 is 2.00 bits per heavy atom. The molecule has 1 aliphatic rings. The minimum atomic E-state index is -1.28. The monoisotopic (exact) mass is 300 g/mol. The Hall–Kier alpha value is -2.30. The topological polar surface area (TPSA) is 73.9 Å². The van der Waals surface area contributed by atoms with Crippen LogP contribution in [-0.4, -0.2) is 12.6 Å². The summed E-state index contributed by atoms with van der Waals surface area (Å²) in [6.07, 6.45) is 1.84. The second kappa shape index (κ2) is 5.99. The fraction of sp³-hybridized carbons (Fsp3) is 0.312. The number of carbonyl (C=O) groups excluding carboxylic acids is 1. The lowest BCUT2D eigenvalue weighted by atomic mass is 9.73. The zero-order chi connectivity index (χ0) is 15.5.